The Labute approximate surface area is 123 Å². The van der Waals surface area contributed by atoms with Crippen LogP contribution in [-0.2, 0) is 4.74 Å². The van der Waals surface area contributed by atoms with Crippen LogP contribution in [0, 0.1) is 5.41 Å². The van der Waals surface area contributed by atoms with Crippen molar-refractivity contribution in [2.75, 3.05) is 39.8 Å². The first-order chi connectivity index (χ1) is 9.40. The molecule has 116 valence electrons. The third kappa shape index (κ3) is 3.64. The lowest BCUT2D eigenvalue weighted by molar-refractivity contribution is 0.00507. The lowest BCUT2D eigenvalue weighted by Gasteiger charge is -2.44. The number of morpholine rings is 1. The Bertz CT molecular complexity index is 356. The summed E-state index contributed by atoms with van der Waals surface area (Å²) in [5.74, 6) is 0.676. The second-order valence-electron chi connectivity index (χ2n) is 6.91. The number of rotatable bonds is 2. The Hall–Kier alpha value is -0.810. The van der Waals surface area contributed by atoms with Crippen LogP contribution in [0.1, 0.15) is 33.6 Å². The molecule has 2 unspecified atom stereocenters. The number of ether oxygens (including phenoxy) is 1. The Balaban J connectivity index is 1.96. The molecule has 2 N–H and O–H groups in total. The van der Waals surface area contributed by atoms with Crippen LogP contribution in [0.4, 0.5) is 0 Å². The Morgan fingerprint density at radius 3 is 2.80 bits per heavy atom. The quantitative estimate of drug-likeness (QED) is 0.609. The van der Waals surface area contributed by atoms with Crippen LogP contribution in [0.5, 0.6) is 0 Å². The van der Waals surface area contributed by atoms with Crippen LogP contribution >= 0.6 is 0 Å². The number of guanidine groups is 1. The fourth-order valence-electron chi connectivity index (χ4n) is 3.40. The highest BCUT2D eigenvalue weighted by Gasteiger charge is 2.35. The van der Waals surface area contributed by atoms with Crippen LogP contribution in [0.3, 0.4) is 0 Å². The van der Waals surface area contributed by atoms with Crippen LogP contribution < -0.4 is 5.73 Å². The molecular weight excluding hydrogens is 252 g/mol. The van der Waals surface area contributed by atoms with Gasteiger partial charge in [0.15, 0.2) is 5.96 Å². The summed E-state index contributed by atoms with van der Waals surface area (Å²) in [7, 11) is 2.20. The monoisotopic (exact) mass is 282 g/mol. The molecule has 0 spiro atoms. The third-order valence-corrected chi connectivity index (χ3v) is 4.76. The zero-order valence-electron chi connectivity index (χ0n) is 13.4. The standard InChI is InChI=1S/C15H30N4O/c1-12-11-19(8-9-20-12)14(16)17-10-13-15(2,3)6-5-7-18(13)4/h12-13H,5-11H2,1-4H3,(H2,16,17). The van der Waals surface area contributed by atoms with Gasteiger partial charge in [-0.2, -0.15) is 0 Å². The number of likely N-dealkylation sites (tertiary alicyclic amines) is 1. The molecule has 0 aliphatic carbocycles. The number of hydrogen-bond acceptors (Lipinski definition) is 3. The first-order valence-electron chi connectivity index (χ1n) is 7.77. The van der Waals surface area contributed by atoms with E-state index in [9.17, 15) is 0 Å². The number of likely N-dealkylation sites (N-methyl/N-ethyl adjacent to an activating group) is 1. The fraction of sp³-hybridized carbons (Fsp3) is 0.933. The molecule has 2 atom stereocenters. The molecule has 2 heterocycles. The Morgan fingerprint density at radius 1 is 1.40 bits per heavy atom. The minimum Gasteiger partial charge on any atom is -0.375 e. The highest BCUT2D eigenvalue weighted by molar-refractivity contribution is 5.78. The van der Waals surface area contributed by atoms with Crippen molar-refractivity contribution in [2.45, 2.75) is 45.8 Å². The topological polar surface area (TPSA) is 54.1 Å². The average molecular weight is 282 g/mol. The summed E-state index contributed by atoms with van der Waals surface area (Å²) in [5.41, 5.74) is 6.48. The van der Waals surface area contributed by atoms with Gasteiger partial charge in [0.05, 0.1) is 19.3 Å². The van der Waals surface area contributed by atoms with Crippen molar-refractivity contribution in [2.24, 2.45) is 16.1 Å². The van der Waals surface area contributed by atoms with Crippen molar-refractivity contribution in [3.8, 4) is 0 Å². The number of piperidine rings is 1. The highest BCUT2D eigenvalue weighted by atomic mass is 16.5. The maximum atomic E-state index is 6.16. The van der Waals surface area contributed by atoms with E-state index in [-0.39, 0.29) is 6.10 Å². The van der Waals surface area contributed by atoms with Crippen LogP contribution in [0.2, 0.25) is 0 Å². The van der Waals surface area contributed by atoms with E-state index in [0.29, 0.717) is 17.4 Å². The summed E-state index contributed by atoms with van der Waals surface area (Å²) in [4.78, 5) is 9.25. The Morgan fingerprint density at radius 2 is 2.15 bits per heavy atom. The summed E-state index contributed by atoms with van der Waals surface area (Å²) < 4.78 is 5.54. The second-order valence-corrected chi connectivity index (χ2v) is 6.91. The first kappa shape index (κ1) is 15.6. The fourth-order valence-corrected chi connectivity index (χ4v) is 3.40. The molecule has 0 aromatic rings. The average Bonchev–Trinajstić information content (AvgIpc) is 2.37. The van der Waals surface area contributed by atoms with Gasteiger partial charge in [0.25, 0.3) is 0 Å². The smallest absolute Gasteiger partial charge is 0.191 e. The van der Waals surface area contributed by atoms with E-state index in [2.05, 4.69) is 42.6 Å². The van der Waals surface area contributed by atoms with E-state index < -0.39 is 0 Å². The molecule has 0 amide bonds. The lowest BCUT2D eigenvalue weighted by Crippen LogP contribution is -2.51. The molecule has 2 aliphatic heterocycles. The highest BCUT2D eigenvalue weighted by Crippen LogP contribution is 2.34. The van der Waals surface area contributed by atoms with Gasteiger partial charge in [0.1, 0.15) is 0 Å². The number of hydrogen-bond donors (Lipinski definition) is 1. The third-order valence-electron chi connectivity index (χ3n) is 4.76. The van der Waals surface area contributed by atoms with Gasteiger partial charge >= 0.3 is 0 Å². The van der Waals surface area contributed by atoms with Crippen molar-refractivity contribution < 1.29 is 4.74 Å². The van der Waals surface area contributed by atoms with Gasteiger partial charge in [-0.05, 0) is 38.8 Å². The molecule has 0 bridgehead atoms. The molecule has 2 fully saturated rings. The van der Waals surface area contributed by atoms with E-state index in [0.717, 1.165) is 32.8 Å². The van der Waals surface area contributed by atoms with Crippen LogP contribution in [0.25, 0.3) is 0 Å². The van der Waals surface area contributed by atoms with Crippen LogP contribution in [-0.4, -0.2) is 67.7 Å². The van der Waals surface area contributed by atoms with Gasteiger partial charge in [0.2, 0.25) is 0 Å². The van der Waals surface area contributed by atoms with E-state index in [1.165, 1.54) is 12.8 Å². The molecular formula is C15H30N4O. The summed E-state index contributed by atoms with van der Waals surface area (Å²) in [6.45, 7) is 11.2. The molecule has 2 aliphatic rings. The second kappa shape index (κ2) is 6.31. The summed E-state index contributed by atoms with van der Waals surface area (Å²) in [5, 5.41) is 0. The number of aliphatic imine (C=N–C) groups is 1. The normalized spacial score (nSPS) is 32.4. The summed E-state index contributed by atoms with van der Waals surface area (Å²) >= 11 is 0. The van der Waals surface area contributed by atoms with Gasteiger partial charge in [-0.1, -0.05) is 13.8 Å². The zero-order valence-corrected chi connectivity index (χ0v) is 13.4. The number of nitrogens with zero attached hydrogens (tertiary/aromatic N) is 3. The molecule has 5 nitrogen and oxygen atoms in total. The maximum Gasteiger partial charge on any atom is 0.191 e. The SMILES string of the molecule is CC1CN(C(N)=NCC2N(C)CCCC2(C)C)CCO1. The molecule has 2 rings (SSSR count). The predicted octanol–water partition coefficient (Wildman–Crippen LogP) is 1.14. The van der Waals surface area contributed by atoms with Crippen molar-refractivity contribution >= 4 is 5.96 Å². The summed E-state index contributed by atoms with van der Waals surface area (Å²) in [6.07, 6.45) is 2.79. The number of nitrogens with two attached hydrogens (primary N) is 1. The van der Waals surface area contributed by atoms with E-state index in [1.54, 1.807) is 0 Å². The van der Waals surface area contributed by atoms with Gasteiger partial charge < -0.3 is 20.3 Å². The largest absolute Gasteiger partial charge is 0.375 e. The maximum absolute atomic E-state index is 6.16. The predicted molar refractivity (Wildman–Crippen MR) is 82.9 cm³/mol. The van der Waals surface area contributed by atoms with Crippen LogP contribution in [0.15, 0.2) is 4.99 Å². The molecule has 0 radical (unpaired) electrons. The molecule has 2 saturated heterocycles. The van der Waals surface area contributed by atoms with Gasteiger partial charge in [-0.25, -0.2) is 0 Å². The van der Waals surface area contributed by atoms with E-state index in [1.807, 2.05) is 0 Å². The van der Waals surface area contributed by atoms with Gasteiger partial charge in [-0.3, -0.25) is 4.99 Å². The van der Waals surface area contributed by atoms with Crippen molar-refractivity contribution in [3.63, 3.8) is 0 Å². The van der Waals surface area contributed by atoms with Crippen molar-refractivity contribution in [1.82, 2.24) is 9.80 Å². The summed E-state index contributed by atoms with van der Waals surface area (Å²) in [6, 6.07) is 0.480. The van der Waals surface area contributed by atoms with Gasteiger partial charge in [-0.15, -0.1) is 0 Å². The van der Waals surface area contributed by atoms with E-state index >= 15 is 0 Å². The first-order valence-corrected chi connectivity index (χ1v) is 7.77. The minimum absolute atomic E-state index is 0.242. The molecule has 0 aromatic heterocycles. The lowest BCUT2D eigenvalue weighted by atomic mass is 9.76. The van der Waals surface area contributed by atoms with Gasteiger partial charge in [0, 0.05) is 19.1 Å². The molecule has 0 saturated carbocycles. The molecule has 20 heavy (non-hydrogen) atoms. The Kier molecular flexibility index (Phi) is 4.91. The van der Waals surface area contributed by atoms with Crippen molar-refractivity contribution in [3.05, 3.63) is 0 Å². The molecule has 0 aromatic carbocycles. The van der Waals surface area contributed by atoms with Crippen molar-refractivity contribution in [1.29, 1.82) is 0 Å². The molecule has 5 heteroatoms. The zero-order chi connectivity index (χ0) is 14.8. The van der Waals surface area contributed by atoms with E-state index in [4.69, 9.17) is 10.5 Å². The minimum atomic E-state index is 0.242.